The quantitative estimate of drug-likeness (QED) is 0.936. The Bertz CT molecular complexity index is 599. The van der Waals surface area contributed by atoms with E-state index in [-0.39, 0.29) is 11.8 Å². The third-order valence-corrected chi connectivity index (χ3v) is 4.55. The monoisotopic (exact) mass is 303 g/mol. The van der Waals surface area contributed by atoms with Crippen LogP contribution in [-0.2, 0) is 11.2 Å². The Morgan fingerprint density at radius 3 is 2.52 bits per heavy atom. The molecule has 2 amide bonds. The van der Waals surface area contributed by atoms with E-state index in [4.69, 9.17) is 0 Å². The van der Waals surface area contributed by atoms with Gasteiger partial charge in [0.15, 0.2) is 0 Å². The van der Waals surface area contributed by atoms with Crippen molar-refractivity contribution in [2.24, 2.45) is 0 Å². The van der Waals surface area contributed by atoms with Crippen LogP contribution in [-0.4, -0.2) is 52.8 Å². The van der Waals surface area contributed by atoms with Crippen molar-refractivity contribution in [2.75, 3.05) is 26.2 Å². The van der Waals surface area contributed by atoms with Gasteiger partial charge in [0.2, 0.25) is 5.91 Å². The molecule has 0 spiro atoms. The minimum atomic E-state index is 0.0293. The van der Waals surface area contributed by atoms with Gasteiger partial charge in [0.05, 0.1) is 12.0 Å². The summed E-state index contributed by atoms with van der Waals surface area (Å²) in [6, 6.07) is 5.71. The first-order chi connectivity index (χ1) is 10.2. The fraction of sp³-hybridized carbons (Fsp3) is 0.333. The number of thiophene rings is 1. The summed E-state index contributed by atoms with van der Waals surface area (Å²) in [6.07, 6.45) is 3.91. The standard InChI is InChI=1S/C15H17N3O2S/c19-14(10-13-2-1-9-21-13)17-5-7-18(8-6-17)15(20)12-3-4-16-11-12/h1-4,9,11,16H,5-8,10H2. The molecule has 1 aliphatic rings. The fourth-order valence-corrected chi connectivity index (χ4v) is 3.17. The summed E-state index contributed by atoms with van der Waals surface area (Å²) in [5, 5.41) is 1.98. The maximum Gasteiger partial charge on any atom is 0.255 e. The number of piperazine rings is 1. The van der Waals surface area contributed by atoms with Crippen molar-refractivity contribution < 1.29 is 9.59 Å². The Kier molecular flexibility index (Phi) is 4.06. The molecule has 0 saturated carbocycles. The molecule has 110 valence electrons. The topological polar surface area (TPSA) is 56.4 Å². The fourth-order valence-electron chi connectivity index (χ4n) is 2.47. The summed E-state index contributed by atoms with van der Waals surface area (Å²) in [7, 11) is 0. The molecule has 0 atom stereocenters. The Balaban J connectivity index is 1.53. The highest BCUT2D eigenvalue weighted by molar-refractivity contribution is 7.10. The van der Waals surface area contributed by atoms with E-state index in [1.807, 2.05) is 22.4 Å². The predicted molar refractivity (Wildman–Crippen MR) is 81.3 cm³/mol. The molecule has 21 heavy (non-hydrogen) atoms. The molecule has 6 heteroatoms. The number of hydrogen-bond donors (Lipinski definition) is 1. The van der Waals surface area contributed by atoms with E-state index in [0.29, 0.717) is 38.2 Å². The minimum Gasteiger partial charge on any atom is -0.367 e. The van der Waals surface area contributed by atoms with Crippen LogP contribution in [0.3, 0.4) is 0 Å². The Hall–Kier alpha value is -2.08. The number of amides is 2. The lowest BCUT2D eigenvalue weighted by molar-refractivity contribution is -0.131. The van der Waals surface area contributed by atoms with Gasteiger partial charge in [-0.15, -0.1) is 11.3 Å². The van der Waals surface area contributed by atoms with E-state index >= 15 is 0 Å². The first-order valence-electron chi connectivity index (χ1n) is 6.96. The van der Waals surface area contributed by atoms with Crippen molar-refractivity contribution in [3.8, 4) is 0 Å². The largest absolute Gasteiger partial charge is 0.367 e. The zero-order valence-corrected chi connectivity index (χ0v) is 12.4. The molecule has 0 aliphatic carbocycles. The van der Waals surface area contributed by atoms with Crippen molar-refractivity contribution in [3.05, 3.63) is 46.4 Å². The van der Waals surface area contributed by atoms with E-state index in [1.165, 1.54) is 0 Å². The summed E-state index contributed by atoms with van der Waals surface area (Å²) >= 11 is 1.60. The summed E-state index contributed by atoms with van der Waals surface area (Å²) < 4.78 is 0. The van der Waals surface area contributed by atoms with Gasteiger partial charge < -0.3 is 14.8 Å². The molecule has 1 N–H and O–H groups in total. The van der Waals surface area contributed by atoms with Gasteiger partial charge >= 0.3 is 0 Å². The lowest BCUT2D eigenvalue weighted by Crippen LogP contribution is -2.50. The average molecular weight is 303 g/mol. The van der Waals surface area contributed by atoms with Crippen molar-refractivity contribution in [2.45, 2.75) is 6.42 Å². The lowest BCUT2D eigenvalue weighted by Gasteiger charge is -2.34. The smallest absolute Gasteiger partial charge is 0.255 e. The second-order valence-corrected chi connectivity index (χ2v) is 6.06. The molecular weight excluding hydrogens is 286 g/mol. The van der Waals surface area contributed by atoms with E-state index in [9.17, 15) is 9.59 Å². The molecule has 1 fully saturated rings. The molecule has 0 aromatic carbocycles. The number of hydrogen-bond acceptors (Lipinski definition) is 3. The van der Waals surface area contributed by atoms with E-state index < -0.39 is 0 Å². The third kappa shape index (κ3) is 3.16. The van der Waals surface area contributed by atoms with Crippen LogP contribution in [0.2, 0.25) is 0 Å². The Morgan fingerprint density at radius 2 is 1.90 bits per heavy atom. The van der Waals surface area contributed by atoms with Gasteiger partial charge in [0, 0.05) is 43.4 Å². The van der Waals surface area contributed by atoms with Gasteiger partial charge in [-0.1, -0.05) is 6.07 Å². The highest BCUT2D eigenvalue weighted by Gasteiger charge is 2.25. The number of aromatic nitrogens is 1. The SMILES string of the molecule is O=C(Cc1cccs1)N1CCN(C(=O)c2cc[nH]c2)CC1. The molecule has 0 bridgehead atoms. The van der Waals surface area contributed by atoms with Crippen LogP contribution in [0.15, 0.2) is 36.0 Å². The number of rotatable bonds is 3. The molecule has 2 aromatic heterocycles. The number of carbonyl (C=O) groups excluding carboxylic acids is 2. The van der Waals surface area contributed by atoms with E-state index in [2.05, 4.69) is 4.98 Å². The van der Waals surface area contributed by atoms with Crippen LogP contribution in [0, 0.1) is 0 Å². The molecule has 5 nitrogen and oxygen atoms in total. The van der Waals surface area contributed by atoms with Crippen LogP contribution >= 0.6 is 11.3 Å². The molecule has 1 aliphatic heterocycles. The Morgan fingerprint density at radius 1 is 1.14 bits per heavy atom. The first kappa shape index (κ1) is 13.9. The van der Waals surface area contributed by atoms with Gasteiger partial charge in [0.1, 0.15) is 0 Å². The zero-order chi connectivity index (χ0) is 14.7. The molecule has 0 unspecified atom stereocenters. The first-order valence-corrected chi connectivity index (χ1v) is 7.84. The second-order valence-electron chi connectivity index (χ2n) is 5.03. The number of aromatic amines is 1. The van der Waals surface area contributed by atoms with Gasteiger partial charge in [-0.3, -0.25) is 9.59 Å². The van der Waals surface area contributed by atoms with Gasteiger partial charge in [-0.2, -0.15) is 0 Å². The number of H-pyrrole nitrogens is 1. The zero-order valence-electron chi connectivity index (χ0n) is 11.6. The highest BCUT2D eigenvalue weighted by atomic mass is 32.1. The van der Waals surface area contributed by atoms with E-state index in [0.717, 1.165) is 4.88 Å². The molecule has 0 radical (unpaired) electrons. The molecule has 1 saturated heterocycles. The van der Waals surface area contributed by atoms with Crippen molar-refractivity contribution >= 4 is 23.2 Å². The summed E-state index contributed by atoms with van der Waals surface area (Å²) in [5.41, 5.74) is 0.674. The number of nitrogens with one attached hydrogen (secondary N) is 1. The van der Waals surface area contributed by atoms with Crippen molar-refractivity contribution in [3.63, 3.8) is 0 Å². The highest BCUT2D eigenvalue weighted by Crippen LogP contribution is 2.13. The molecule has 3 heterocycles. The minimum absolute atomic E-state index is 0.0293. The molecular formula is C15H17N3O2S. The molecule has 2 aromatic rings. The van der Waals surface area contributed by atoms with E-state index in [1.54, 1.807) is 34.7 Å². The second kappa shape index (κ2) is 6.13. The maximum atomic E-state index is 12.2. The van der Waals surface area contributed by atoms with Crippen LogP contribution in [0.1, 0.15) is 15.2 Å². The maximum absolute atomic E-state index is 12.2. The van der Waals surface area contributed by atoms with Crippen LogP contribution in [0.4, 0.5) is 0 Å². The lowest BCUT2D eigenvalue weighted by atomic mass is 10.2. The van der Waals surface area contributed by atoms with Crippen molar-refractivity contribution in [1.29, 1.82) is 0 Å². The van der Waals surface area contributed by atoms with Gasteiger partial charge in [0.25, 0.3) is 5.91 Å². The van der Waals surface area contributed by atoms with Crippen LogP contribution in [0.25, 0.3) is 0 Å². The average Bonchev–Trinajstić information content (AvgIpc) is 3.20. The van der Waals surface area contributed by atoms with Gasteiger partial charge in [-0.25, -0.2) is 0 Å². The summed E-state index contributed by atoms with van der Waals surface area (Å²) in [5.74, 6) is 0.174. The predicted octanol–water partition coefficient (Wildman–Crippen LogP) is 1.60. The van der Waals surface area contributed by atoms with Crippen LogP contribution < -0.4 is 0 Å². The normalized spacial score (nSPS) is 15.2. The summed E-state index contributed by atoms with van der Waals surface area (Å²) in [4.78, 5) is 32.0. The number of carbonyl (C=O) groups is 2. The Labute approximate surface area is 127 Å². The third-order valence-electron chi connectivity index (χ3n) is 3.67. The number of nitrogens with zero attached hydrogens (tertiary/aromatic N) is 2. The van der Waals surface area contributed by atoms with Gasteiger partial charge in [-0.05, 0) is 17.5 Å². The summed E-state index contributed by atoms with van der Waals surface area (Å²) in [6.45, 7) is 2.42. The molecule has 3 rings (SSSR count). The van der Waals surface area contributed by atoms with Crippen molar-refractivity contribution in [1.82, 2.24) is 14.8 Å². The van der Waals surface area contributed by atoms with Crippen LogP contribution in [0.5, 0.6) is 0 Å².